The van der Waals surface area contributed by atoms with Crippen LogP contribution >= 0.6 is 0 Å². The maximum Gasteiger partial charge on any atom is 0.283 e. The number of morpholine rings is 1. The molecule has 0 unspecified atom stereocenters. The third-order valence-corrected chi connectivity index (χ3v) is 3.27. The molecule has 3 heterocycles. The van der Waals surface area contributed by atoms with Crippen LogP contribution < -0.4 is 0 Å². The molecule has 3 rings (SSSR count). The Morgan fingerprint density at radius 2 is 2.26 bits per heavy atom. The smallest absolute Gasteiger partial charge is 0.283 e. The number of aromatic nitrogens is 2. The molecule has 1 aliphatic heterocycles. The van der Waals surface area contributed by atoms with Gasteiger partial charge >= 0.3 is 0 Å². The molecule has 6 nitrogen and oxygen atoms in total. The van der Waals surface area contributed by atoms with E-state index in [1.165, 1.54) is 0 Å². The molecule has 0 spiro atoms. The topological polar surface area (TPSA) is 64.5 Å². The third kappa shape index (κ3) is 2.69. The van der Waals surface area contributed by atoms with Crippen molar-refractivity contribution >= 4 is 0 Å². The molecule has 1 saturated heterocycles. The highest BCUT2D eigenvalue weighted by molar-refractivity contribution is 5.42. The van der Waals surface area contributed by atoms with Crippen LogP contribution in [-0.4, -0.2) is 40.4 Å². The van der Waals surface area contributed by atoms with Gasteiger partial charge in [-0.15, -0.1) is 10.2 Å². The van der Waals surface area contributed by atoms with Crippen LogP contribution in [0.3, 0.4) is 0 Å². The fourth-order valence-corrected chi connectivity index (χ4v) is 2.18. The minimum atomic E-state index is 0.240. The molecule has 6 heteroatoms. The van der Waals surface area contributed by atoms with Crippen molar-refractivity contribution in [1.29, 1.82) is 0 Å². The first-order chi connectivity index (χ1) is 9.22. The Labute approximate surface area is 111 Å². The number of ether oxygens (including phenoxy) is 1. The van der Waals surface area contributed by atoms with Gasteiger partial charge in [-0.3, -0.25) is 4.90 Å². The van der Waals surface area contributed by atoms with E-state index in [0.717, 1.165) is 13.2 Å². The minimum Gasteiger partial charge on any atom is -0.459 e. The van der Waals surface area contributed by atoms with Gasteiger partial charge in [0, 0.05) is 12.6 Å². The molecule has 2 aromatic rings. The maximum absolute atomic E-state index is 5.62. The van der Waals surface area contributed by atoms with E-state index < -0.39 is 0 Å². The summed E-state index contributed by atoms with van der Waals surface area (Å²) in [5, 5.41) is 8.07. The summed E-state index contributed by atoms with van der Waals surface area (Å²) < 4.78 is 16.4. The molecule has 0 bridgehead atoms. The summed E-state index contributed by atoms with van der Waals surface area (Å²) in [6.07, 6.45) is 1.83. The summed E-state index contributed by atoms with van der Waals surface area (Å²) >= 11 is 0. The Morgan fingerprint density at radius 1 is 1.37 bits per heavy atom. The standard InChI is InChI=1S/C13H17N3O3/c1-9-8-18-10(2)6-16(9)7-12-14-15-13(19-12)11-4-3-5-17-11/h3-5,9-10H,6-8H2,1-2H3/t9-,10+/m0/s1. The second-order valence-electron chi connectivity index (χ2n) is 4.90. The van der Waals surface area contributed by atoms with Gasteiger partial charge < -0.3 is 13.6 Å². The summed E-state index contributed by atoms with van der Waals surface area (Å²) in [4.78, 5) is 2.29. The van der Waals surface area contributed by atoms with E-state index in [1.807, 2.05) is 0 Å². The van der Waals surface area contributed by atoms with Crippen molar-refractivity contribution in [3.8, 4) is 11.7 Å². The molecule has 1 aliphatic rings. The SMILES string of the molecule is C[C@@H]1CN(Cc2nnc(-c3ccco3)o2)[C@@H](C)CO1. The zero-order chi connectivity index (χ0) is 13.2. The van der Waals surface area contributed by atoms with Crippen LogP contribution in [-0.2, 0) is 11.3 Å². The second-order valence-corrected chi connectivity index (χ2v) is 4.90. The van der Waals surface area contributed by atoms with E-state index >= 15 is 0 Å². The van der Waals surface area contributed by atoms with E-state index in [-0.39, 0.29) is 6.10 Å². The molecule has 0 N–H and O–H groups in total. The summed E-state index contributed by atoms with van der Waals surface area (Å²) in [6, 6.07) is 3.96. The van der Waals surface area contributed by atoms with Gasteiger partial charge in [0.05, 0.1) is 25.5 Å². The maximum atomic E-state index is 5.62. The van der Waals surface area contributed by atoms with Crippen molar-refractivity contribution < 1.29 is 13.6 Å². The molecule has 2 atom stereocenters. The molecular weight excluding hydrogens is 246 g/mol. The quantitative estimate of drug-likeness (QED) is 0.843. The molecule has 0 amide bonds. The largest absolute Gasteiger partial charge is 0.459 e. The van der Waals surface area contributed by atoms with Gasteiger partial charge in [0.15, 0.2) is 5.76 Å². The molecule has 2 aromatic heterocycles. The Kier molecular flexibility index (Phi) is 3.35. The number of nitrogens with zero attached hydrogens (tertiary/aromatic N) is 3. The normalized spacial score (nSPS) is 24.7. The predicted octanol–water partition coefficient (Wildman–Crippen LogP) is 1.94. The summed E-state index contributed by atoms with van der Waals surface area (Å²) in [5.41, 5.74) is 0. The average Bonchev–Trinajstić information content (AvgIpc) is 3.04. The van der Waals surface area contributed by atoms with Gasteiger partial charge in [-0.25, -0.2) is 0 Å². The lowest BCUT2D eigenvalue weighted by molar-refractivity contribution is -0.0550. The Morgan fingerprint density at radius 3 is 3.05 bits per heavy atom. The van der Waals surface area contributed by atoms with Crippen LogP contribution in [0.1, 0.15) is 19.7 Å². The highest BCUT2D eigenvalue weighted by Crippen LogP contribution is 2.20. The first kappa shape index (κ1) is 12.4. The molecule has 102 valence electrons. The molecular formula is C13H17N3O3. The van der Waals surface area contributed by atoms with E-state index in [0.29, 0.717) is 30.1 Å². The van der Waals surface area contributed by atoms with E-state index in [9.17, 15) is 0 Å². The van der Waals surface area contributed by atoms with Gasteiger partial charge in [-0.05, 0) is 26.0 Å². The zero-order valence-corrected chi connectivity index (χ0v) is 11.1. The minimum absolute atomic E-state index is 0.240. The van der Waals surface area contributed by atoms with Gasteiger partial charge in [0.25, 0.3) is 5.89 Å². The summed E-state index contributed by atoms with van der Waals surface area (Å²) in [6.45, 7) is 6.46. The van der Waals surface area contributed by atoms with Crippen molar-refractivity contribution in [3.63, 3.8) is 0 Å². The lowest BCUT2D eigenvalue weighted by Gasteiger charge is -2.35. The number of furan rings is 1. The fraction of sp³-hybridized carbons (Fsp3) is 0.538. The van der Waals surface area contributed by atoms with Crippen molar-refractivity contribution in [1.82, 2.24) is 15.1 Å². The first-order valence-corrected chi connectivity index (χ1v) is 6.44. The van der Waals surface area contributed by atoms with E-state index in [4.69, 9.17) is 13.6 Å². The first-order valence-electron chi connectivity index (χ1n) is 6.44. The third-order valence-electron chi connectivity index (χ3n) is 3.27. The fourth-order valence-electron chi connectivity index (χ4n) is 2.18. The van der Waals surface area contributed by atoms with Crippen molar-refractivity contribution in [2.24, 2.45) is 0 Å². The molecule has 19 heavy (non-hydrogen) atoms. The van der Waals surface area contributed by atoms with E-state index in [1.54, 1.807) is 18.4 Å². The Hall–Kier alpha value is -1.66. The van der Waals surface area contributed by atoms with Gasteiger partial charge in [-0.2, -0.15) is 0 Å². The number of rotatable bonds is 3. The lowest BCUT2D eigenvalue weighted by atomic mass is 10.2. The van der Waals surface area contributed by atoms with Crippen LogP contribution in [0.4, 0.5) is 0 Å². The molecule has 0 saturated carbocycles. The summed E-state index contributed by atoms with van der Waals surface area (Å²) in [7, 11) is 0. The monoisotopic (exact) mass is 263 g/mol. The zero-order valence-electron chi connectivity index (χ0n) is 11.1. The Bertz CT molecular complexity index is 523. The molecule has 1 fully saturated rings. The highest BCUT2D eigenvalue weighted by Gasteiger charge is 2.25. The van der Waals surface area contributed by atoms with Crippen LogP contribution in [0.25, 0.3) is 11.7 Å². The van der Waals surface area contributed by atoms with Crippen LogP contribution in [0, 0.1) is 0 Å². The molecule has 0 aliphatic carbocycles. The second kappa shape index (κ2) is 5.14. The van der Waals surface area contributed by atoms with Crippen molar-refractivity contribution in [3.05, 3.63) is 24.3 Å². The molecule has 0 radical (unpaired) electrons. The Balaban J connectivity index is 1.70. The summed E-state index contributed by atoms with van der Waals surface area (Å²) in [5.74, 6) is 1.63. The van der Waals surface area contributed by atoms with Crippen molar-refractivity contribution in [2.45, 2.75) is 32.5 Å². The lowest BCUT2D eigenvalue weighted by Crippen LogP contribution is -2.46. The van der Waals surface area contributed by atoms with Gasteiger partial charge in [0.1, 0.15) is 0 Å². The van der Waals surface area contributed by atoms with Gasteiger partial charge in [0.2, 0.25) is 5.89 Å². The van der Waals surface area contributed by atoms with Gasteiger partial charge in [-0.1, -0.05) is 0 Å². The highest BCUT2D eigenvalue weighted by atomic mass is 16.5. The van der Waals surface area contributed by atoms with Crippen LogP contribution in [0.15, 0.2) is 27.2 Å². The average molecular weight is 263 g/mol. The van der Waals surface area contributed by atoms with Crippen LogP contribution in [0.2, 0.25) is 0 Å². The number of hydrogen-bond acceptors (Lipinski definition) is 6. The van der Waals surface area contributed by atoms with E-state index in [2.05, 4.69) is 28.9 Å². The molecule has 0 aromatic carbocycles. The number of hydrogen-bond donors (Lipinski definition) is 0. The van der Waals surface area contributed by atoms with Crippen molar-refractivity contribution in [2.75, 3.05) is 13.2 Å². The predicted molar refractivity (Wildman–Crippen MR) is 67.3 cm³/mol. The van der Waals surface area contributed by atoms with Crippen LogP contribution in [0.5, 0.6) is 0 Å².